The number of amides is 2. The van der Waals surface area contributed by atoms with Crippen molar-refractivity contribution in [1.29, 1.82) is 0 Å². The summed E-state index contributed by atoms with van der Waals surface area (Å²) in [5.74, 6) is 0.932. The summed E-state index contributed by atoms with van der Waals surface area (Å²) in [7, 11) is 1.55. The maximum atomic E-state index is 14.0. The van der Waals surface area contributed by atoms with Crippen LogP contribution in [-0.4, -0.2) is 79.2 Å². The van der Waals surface area contributed by atoms with Crippen LogP contribution in [0.25, 0.3) is 0 Å². The van der Waals surface area contributed by atoms with Gasteiger partial charge in [0.05, 0.1) is 20.3 Å². The summed E-state index contributed by atoms with van der Waals surface area (Å²) in [6.45, 7) is 5.62. The van der Waals surface area contributed by atoms with Gasteiger partial charge in [-0.3, -0.25) is 9.69 Å². The fraction of sp³-hybridized carbons (Fsp3) is 0.375. The number of hydrogen-bond acceptors (Lipinski definition) is 6. The third kappa shape index (κ3) is 5.55. The minimum absolute atomic E-state index is 0.0317. The zero-order valence-electron chi connectivity index (χ0n) is 22.9. The third-order valence-corrected chi connectivity index (χ3v) is 8.18. The molecule has 0 bridgehead atoms. The van der Waals surface area contributed by atoms with E-state index < -0.39 is 6.09 Å². The van der Waals surface area contributed by atoms with Gasteiger partial charge in [-0.15, -0.1) is 0 Å². The van der Waals surface area contributed by atoms with Crippen molar-refractivity contribution in [3.8, 4) is 11.5 Å². The van der Waals surface area contributed by atoms with Crippen LogP contribution in [0.2, 0.25) is 0 Å². The lowest BCUT2D eigenvalue weighted by atomic mass is 9.92. The first-order valence-corrected chi connectivity index (χ1v) is 14.0. The van der Waals surface area contributed by atoms with E-state index in [1.165, 1.54) is 11.1 Å². The molecule has 1 atom stereocenters. The average Bonchev–Trinajstić information content (AvgIpc) is 3.00. The Morgan fingerprint density at radius 2 is 1.60 bits per heavy atom. The van der Waals surface area contributed by atoms with Gasteiger partial charge in [-0.2, -0.15) is 0 Å². The molecule has 6 rings (SSSR count). The Hall–Kier alpha value is -3.88. The number of morpholine rings is 1. The van der Waals surface area contributed by atoms with Gasteiger partial charge in [0.2, 0.25) is 0 Å². The molecule has 1 saturated heterocycles. The lowest BCUT2D eigenvalue weighted by Gasteiger charge is -2.40. The first kappa shape index (κ1) is 26.3. The van der Waals surface area contributed by atoms with E-state index in [0.717, 1.165) is 50.4 Å². The number of para-hydroxylation sites is 2. The Morgan fingerprint density at radius 3 is 2.40 bits per heavy atom. The molecule has 0 saturated carbocycles. The Bertz CT molecular complexity index is 1390. The van der Waals surface area contributed by atoms with Gasteiger partial charge >= 0.3 is 6.09 Å². The number of carbonyl (C=O) groups excluding carboxylic acids is 2. The summed E-state index contributed by atoms with van der Waals surface area (Å²) in [5, 5.41) is 0. The predicted octanol–water partition coefficient (Wildman–Crippen LogP) is 4.15. The van der Waals surface area contributed by atoms with Crippen LogP contribution in [0.5, 0.6) is 11.5 Å². The first-order valence-electron chi connectivity index (χ1n) is 14.0. The Balaban J connectivity index is 1.20. The molecule has 0 aliphatic carbocycles. The highest BCUT2D eigenvalue weighted by molar-refractivity contribution is 5.95. The van der Waals surface area contributed by atoms with Crippen molar-refractivity contribution in [1.82, 2.24) is 14.7 Å². The highest BCUT2D eigenvalue weighted by Gasteiger charge is 2.33. The molecule has 208 valence electrons. The molecule has 40 heavy (non-hydrogen) atoms. The van der Waals surface area contributed by atoms with Crippen LogP contribution in [0.3, 0.4) is 0 Å². The van der Waals surface area contributed by atoms with Crippen molar-refractivity contribution in [2.24, 2.45) is 0 Å². The number of nitrogens with zero attached hydrogens (tertiary/aromatic N) is 3. The Morgan fingerprint density at radius 1 is 0.850 bits per heavy atom. The van der Waals surface area contributed by atoms with E-state index in [4.69, 9.17) is 14.2 Å². The van der Waals surface area contributed by atoms with Crippen molar-refractivity contribution >= 4 is 12.0 Å². The Kier molecular flexibility index (Phi) is 7.71. The van der Waals surface area contributed by atoms with E-state index in [1.807, 2.05) is 35.2 Å². The fourth-order valence-electron chi connectivity index (χ4n) is 5.94. The molecule has 0 aromatic heterocycles. The number of rotatable bonds is 5. The van der Waals surface area contributed by atoms with E-state index in [0.29, 0.717) is 43.1 Å². The number of benzene rings is 3. The minimum Gasteiger partial charge on any atom is -0.493 e. The van der Waals surface area contributed by atoms with E-state index in [2.05, 4.69) is 23.1 Å². The molecule has 3 aliphatic rings. The molecule has 3 heterocycles. The number of carbonyl (C=O) groups is 2. The summed E-state index contributed by atoms with van der Waals surface area (Å²) < 4.78 is 16.5. The van der Waals surface area contributed by atoms with Crippen molar-refractivity contribution in [3.63, 3.8) is 0 Å². The van der Waals surface area contributed by atoms with Crippen LogP contribution in [0.4, 0.5) is 4.79 Å². The molecular weight excluding hydrogens is 506 g/mol. The van der Waals surface area contributed by atoms with Gasteiger partial charge < -0.3 is 24.0 Å². The standard InChI is InChI=1S/C32H35N3O5/c1-38-29-8-4-5-9-30(29)40-32(37)34-13-12-23-10-11-25(18-27(23)20-34)31(36)35-21-26-7-3-2-6-24(26)19-28(35)22-33-14-16-39-17-15-33/h2-11,18,28H,12-17,19-22H2,1H3/t28-/m0/s1. The number of ether oxygens (including phenoxy) is 3. The van der Waals surface area contributed by atoms with Crippen molar-refractivity contribution in [2.45, 2.75) is 32.0 Å². The smallest absolute Gasteiger partial charge is 0.415 e. The molecule has 0 spiro atoms. The predicted molar refractivity (Wildman–Crippen MR) is 151 cm³/mol. The quantitative estimate of drug-likeness (QED) is 0.483. The summed E-state index contributed by atoms with van der Waals surface area (Å²) in [4.78, 5) is 33.2. The van der Waals surface area contributed by atoms with Gasteiger partial charge in [0.15, 0.2) is 11.5 Å². The monoisotopic (exact) mass is 541 g/mol. The fourth-order valence-corrected chi connectivity index (χ4v) is 5.94. The van der Waals surface area contributed by atoms with Gasteiger partial charge in [-0.05, 0) is 59.4 Å². The second-order valence-corrected chi connectivity index (χ2v) is 10.6. The second-order valence-electron chi connectivity index (χ2n) is 10.6. The van der Waals surface area contributed by atoms with Crippen molar-refractivity contribution in [3.05, 3.63) is 94.5 Å². The van der Waals surface area contributed by atoms with Crippen LogP contribution in [0.1, 0.15) is 32.6 Å². The number of hydrogen-bond donors (Lipinski definition) is 0. The van der Waals surface area contributed by atoms with E-state index in [-0.39, 0.29) is 11.9 Å². The number of methoxy groups -OCH3 is 1. The normalized spacial score (nSPS) is 19.0. The van der Waals surface area contributed by atoms with Gasteiger partial charge in [-0.1, -0.05) is 42.5 Å². The lowest BCUT2D eigenvalue weighted by molar-refractivity contribution is 0.0193. The molecule has 8 nitrogen and oxygen atoms in total. The zero-order chi connectivity index (χ0) is 27.5. The van der Waals surface area contributed by atoms with E-state index in [1.54, 1.807) is 30.2 Å². The molecule has 0 radical (unpaired) electrons. The van der Waals surface area contributed by atoms with Crippen molar-refractivity contribution < 1.29 is 23.8 Å². The van der Waals surface area contributed by atoms with Crippen LogP contribution >= 0.6 is 0 Å². The molecule has 2 amide bonds. The van der Waals surface area contributed by atoms with Gasteiger partial charge in [0, 0.05) is 50.9 Å². The summed E-state index contributed by atoms with van der Waals surface area (Å²) in [5.41, 5.74) is 5.32. The molecule has 3 aromatic rings. The maximum absolute atomic E-state index is 14.0. The van der Waals surface area contributed by atoms with Gasteiger partial charge in [-0.25, -0.2) is 4.79 Å². The average molecular weight is 542 g/mol. The molecule has 3 aliphatic heterocycles. The molecule has 8 heteroatoms. The Labute approximate surface area is 235 Å². The van der Waals surface area contributed by atoms with Crippen molar-refractivity contribution in [2.75, 3.05) is 46.5 Å². The lowest BCUT2D eigenvalue weighted by Crippen LogP contribution is -2.52. The zero-order valence-corrected chi connectivity index (χ0v) is 22.9. The first-order chi connectivity index (χ1) is 19.6. The molecule has 0 unspecified atom stereocenters. The SMILES string of the molecule is COc1ccccc1OC(=O)N1CCc2ccc(C(=O)N3Cc4ccccc4C[C@H]3CN3CCOCC3)cc2C1. The van der Waals surface area contributed by atoms with Crippen LogP contribution in [0, 0.1) is 0 Å². The molecule has 3 aromatic carbocycles. The molecule has 1 fully saturated rings. The molecular formula is C32H35N3O5. The highest BCUT2D eigenvalue weighted by atomic mass is 16.6. The molecule has 0 N–H and O–H groups in total. The highest BCUT2D eigenvalue weighted by Crippen LogP contribution is 2.29. The van der Waals surface area contributed by atoms with Gasteiger partial charge in [0.25, 0.3) is 5.91 Å². The topological polar surface area (TPSA) is 71.6 Å². The third-order valence-electron chi connectivity index (χ3n) is 8.18. The second kappa shape index (κ2) is 11.7. The summed E-state index contributed by atoms with van der Waals surface area (Å²) >= 11 is 0. The van der Waals surface area contributed by atoms with Crippen LogP contribution in [0.15, 0.2) is 66.7 Å². The van der Waals surface area contributed by atoms with Crippen LogP contribution in [-0.2, 0) is 30.7 Å². The largest absolute Gasteiger partial charge is 0.493 e. The van der Waals surface area contributed by atoms with Gasteiger partial charge in [0.1, 0.15) is 0 Å². The summed E-state index contributed by atoms with van der Waals surface area (Å²) in [6.07, 6.45) is 1.12. The number of fused-ring (bicyclic) bond motifs is 2. The van der Waals surface area contributed by atoms with E-state index in [9.17, 15) is 9.59 Å². The summed E-state index contributed by atoms with van der Waals surface area (Å²) in [6, 6.07) is 21.6. The minimum atomic E-state index is -0.426. The maximum Gasteiger partial charge on any atom is 0.415 e. The van der Waals surface area contributed by atoms with E-state index >= 15 is 0 Å². The van der Waals surface area contributed by atoms with Crippen LogP contribution < -0.4 is 9.47 Å².